The second kappa shape index (κ2) is 7.53. The Morgan fingerprint density at radius 1 is 1.08 bits per heavy atom. The Bertz CT molecular complexity index is 651. The van der Waals surface area contributed by atoms with E-state index in [1.807, 2.05) is 4.90 Å². The molecule has 3 rings (SSSR count). The molecule has 2 aliphatic rings. The maximum Gasteiger partial charge on any atom is 0.573 e. The second-order valence-electron chi connectivity index (χ2n) is 6.48. The molecule has 6 nitrogen and oxygen atoms in total. The number of alkyl halides is 3. The predicted molar refractivity (Wildman–Crippen MR) is 86.6 cm³/mol. The monoisotopic (exact) mass is 371 g/mol. The topological polar surface area (TPSA) is 61.9 Å². The van der Waals surface area contributed by atoms with Crippen molar-refractivity contribution in [1.29, 1.82) is 0 Å². The van der Waals surface area contributed by atoms with Gasteiger partial charge in [-0.1, -0.05) is 0 Å². The van der Waals surface area contributed by atoms with E-state index in [0.717, 1.165) is 25.0 Å². The Hall–Kier alpha value is -2.29. The molecule has 2 amide bonds. The van der Waals surface area contributed by atoms with Crippen LogP contribution in [0.2, 0.25) is 0 Å². The third-order valence-corrected chi connectivity index (χ3v) is 4.30. The summed E-state index contributed by atoms with van der Waals surface area (Å²) in [6.45, 7) is 2.42. The standard InChI is InChI=1S/C17H20F3N3O3/c18-17(19,20)26-14-5-1-12(2-6-14)16(25)23-9-7-22(8-10-23)11-15(24)21-13-3-4-13/h1-2,5-6,13H,3-4,7-11H2,(H,21,24). The smallest absolute Gasteiger partial charge is 0.406 e. The molecule has 1 heterocycles. The van der Waals surface area contributed by atoms with Crippen molar-refractivity contribution < 1.29 is 27.5 Å². The maximum absolute atomic E-state index is 12.4. The molecule has 0 bridgehead atoms. The number of hydrogen-bond acceptors (Lipinski definition) is 4. The van der Waals surface area contributed by atoms with Gasteiger partial charge < -0.3 is 15.0 Å². The van der Waals surface area contributed by atoms with Crippen LogP contribution in [0.4, 0.5) is 13.2 Å². The van der Waals surface area contributed by atoms with Crippen molar-refractivity contribution in [3.8, 4) is 5.75 Å². The fourth-order valence-corrected chi connectivity index (χ4v) is 2.79. The lowest BCUT2D eigenvalue weighted by molar-refractivity contribution is -0.274. The fourth-order valence-electron chi connectivity index (χ4n) is 2.79. The number of amides is 2. The molecule has 0 aromatic heterocycles. The Balaban J connectivity index is 1.47. The summed E-state index contributed by atoms with van der Waals surface area (Å²) in [5.41, 5.74) is 0.305. The Labute approximate surface area is 148 Å². The van der Waals surface area contributed by atoms with Crippen LogP contribution in [0.25, 0.3) is 0 Å². The molecule has 9 heteroatoms. The molecule has 1 saturated carbocycles. The van der Waals surface area contributed by atoms with E-state index in [2.05, 4.69) is 10.1 Å². The van der Waals surface area contributed by atoms with Gasteiger partial charge in [0.25, 0.3) is 5.91 Å². The van der Waals surface area contributed by atoms with Crippen molar-refractivity contribution in [2.24, 2.45) is 0 Å². The number of carbonyl (C=O) groups excluding carboxylic acids is 2. The Morgan fingerprint density at radius 3 is 2.23 bits per heavy atom. The molecule has 1 N–H and O–H groups in total. The quantitative estimate of drug-likeness (QED) is 0.855. The van der Waals surface area contributed by atoms with E-state index in [1.165, 1.54) is 12.1 Å². The van der Waals surface area contributed by atoms with E-state index in [-0.39, 0.29) is 17.6 Å². The number of carbonyl (C=O) groups is 2. The first-order valence-electron chi connectivity index (χ1n) is 8.47. The zero-order chi connectivity index (χ0) is 18.7. The van der Waals surface area contributed by atoms with E-state index in [1.54, 1.807) is 4.90 Å². The number of halogens is 3. The van der Waals surface area contributed by atoms with Crippen molar-refractivity contribution in [2.45, 2.75) is 25.2 Å². The molecule has 1 aromatic carbocycles. The molecule has 0 spiro atoms. The van der Waals surface area contributed by atoms with E-state index in [9.17, 15) is 22.8 Å². The fraction of sp³-hybridized carbons (Fsp3) is 0.529. The predicted octanol–water partition coefficient (Wildman–Crippen LogP) is 1.62. The van der Waals surface area contributed by atoms with Gasteiger partial charge in [0.2, 0.25) is 5.91 Å². The molecule has 0 radical (unpaired) electrons. The molecular weight excluding hydrogens is 351 g/mol. The van der Waals surface area contributed by atoms with Crippen LogP contribution in [0.3, 0.4) is 0 Å². The minimum absolute atomic E-state index is 0.00697. The Kier molecular flexibility index (Phi) is 5.36. The number of ether oxygens (including phenoxy) is 1. The van der Waals surface area contributed by atoms with Gasteiger partial charge in [-0.15, -0.1) is 13.2 Å². The molecular formula is C17H20F3N3O3. The number of hydrogen-bond donors (Lipinski definition) is 1. The lowest BCUT2D eigenvalue weighted by Crippen LogP contribution is -2.51. The average Bonchev–Trinajstić information content (AvgIpc) is 3.38. The van der Waals surface area contributed by atoms with Gasteiger partial charge in [0, 0.05) is 37.8 Å². The van der Waals surface area contributed by atoms with Crippen LogP contribution in [-0.4, -0.2) is 66.7 Å². The highest BCUT2D eigenvalue weighted by molar-refractivity contribution is 5.94. The van der Waals surface area contributed by atoms with E-state index >= 15 is 0 Å². The highest BCUT2D eigenvalue weighted by atomic mass is 19.4. The number of nitrogens with one attached hydrogen (secondary N) is 1. The summed E-state index contributed by atoms with van der Waals surface area (Å²) >= 11 is 0. The number of rotatable bonds is 5. The molecule has 1 aliphatic carbocycles. The van der Waals surface area contributed by atoms with Gasteiger partial charge in [-0.2, -0.15) is 0 Å². The van der Waals surface area contributed by atoms with Gasteiger partial charge in [0.1, 0.15) is 5.75 Å². The molecule has 0 atom stereocenters. The average molecular weight is 371 g/mol. The molecule has 1 aliphatic heterocycles. The van der Waals surface area contributed by atoms with E-state index in [0.29, 0.717) is 44.3 Å². The zero-order valence-corrected chi connectivity index (χ0v) is 14.1. The lowest BCUT2D eigenvalue weighted by Gasteiger charge is -2.34. The third-order valence-electron chi connectivity index (χ3n) is 4.30. The first-order chi connectivity index (χ1) is 12.3. The van der Waals surface area contributed by atoms with Gasteiger partial charge in [0.05, 0.1) is 6.54 Å². The van der Waals surface area contributed by atoms with Crippen molar-refractivity contribution in [3.05, 3.63) is 29.8 Å². The van der Waals surface area contributed by atoms with E-state index in [4.69, 9.17) is 0 Å². The molecule has 0 unspecified atom stereocenters. The first kappa shape index (κ1) is 18.5. The van der Waals surface area contributed by atoms with Crippen molar-refractivity contribution >= 4 is 11.8 Å². The normalized spacial score (nSPS) is 18.5. The van der Waals surface area contributed by atoms with Gasteiger partial charge in [0.15, 0.2) is 0 Å². The van der Waals surface area contributed by atoms with Crippen LogP contribution in [-0.2, 0) is 4.79 Å². The zero-order valence-electron chi connectivity index (χ0n) is 14.1. The van der Waals surface area contributed by atoms with Crippen molar-refractivity contribution in [1.82, 2.24) is 15.1 Å². The van der Waals surface area contributed by atoms with Crippen molar-refractivity contribution in [2.75, 3.05) is 32.7 Å². The summed E-state index contributed by atoms with van der Waals surface area (Å²) in [6, 6.07) is 5.21. The number of benzene rings is 1. The van der Waals surface area contributed by atoms with Crippen LogP contribution in [0, 0.1) is 0 Å². The van der Waals surface area contributed by atoms with E-state index < -0.39 is 6.36 Å². The van der Waals surface area contributed by atoms with Gasteiger partial charge in [-0.05, 0) is 37.1 Å². The minimum Gasteiger partial charge on any atom is -0.406 e. The minimum atomic E-state index is -4.76. The van der Waals surface area contributed by atoms with Gasteiger partial charge in [-0.25, -0.2) is 0 Å². The van der Waals surface area contributed by atoms with Gasteiger partial charge >= 0.3 is 6.36 Å². The van der Waals surface area contributed by atoms with Crippen LogP contribution < -0.4 is 10.1 Å². The summed E-state index contributed by atoms with van der Waals surface area (Å²) in [6.07, 6.45) is -2.67. The lowest BCUT2D eigenvalue weighted by atomic mass is 10.1. The summed E-state index contributed by atoms with van der Waals surface area (Å²) in [7, 11) is 0. The highest BCUT2D eigenvalue weighted by Crippen LogP contribution is 2.23. The third kappa shape index (κ3) is 5.35. The molecule has 2 fully saturated rings. The largest absolute Gasteiger partial charge is 0.573 e. The van der Waals surface area contributed by atoms with Crippen molar-refractivity contribution in [3.63, 3.8) is 0 Å². The van der Waals surface area contributed by atoms with Crippen LogP contribution in [0.15, 0.2) is 24.3 Å². The molecule has 1 aromatic rings. The summed E-state index contributed by atoms with van der Waals surface area (Å²) in [4.78, 5) is 27.9. The maximum atomic E-state index is 12.4. The van der Waals surface area contributed by atoms with Crippen LogP contribution in [0.1, 0.15) is 23.2 Å². The van der Waals surface area contributed by atoms with Crippen LogP contribution in [0.5, 0.6) is 5.75 Å². The molecule has 1 saturated heterocycles. The summed E-state index contributed by atoms with van der Waals surface area (Å²) < 4.78 is 40.3. The summed E-state index contributed by atoms with van der Waals surface area (Å²) in [5.74, 6) is -0.598. The second-order valence-corrected chi connectivity index (χ2v) is 6.48. The van der Waals surface area contributed by atoms with Gasteiger partial charge in [-0.3, -0.25) is 14.5 Å². The SMILES string of the molecule is O=C(CN1CCN(C(=O)c2ccc(OC(F)(F)F)cc2)CC1)NC1CC1. The molecule has 26 heavy (non-hydrogen) atoms. The first-order valence-corrected chi connectivity index (χ1v) is 8.47. The van der Waals surface area contributed by atoms with Crippen LogP contribution >= 0.6 is 0 Å². The molecule has 142 valence electrons. The summed E-state index contributed by atoms with van der Waals surface area (Å²) in [5, 5.41) is 2.93. The number of piperazine rings is 1. The number of nitrogens with zero attached hydrogens (tertiary/aromatic N) is 2. The highest BCUT2D eigenvalue weighted by Gasteiger charge is 2.31. The Morgan fingerprint density at radius 2 is 1.69 bits per heavy atom.